The monoisotopic (exact) mass is 216 g/mol. The molecule has 0 aliphatic rings. The second-order valence-electron chi connectivity index (χ2n) is 2.77. The Labute approximate surface area is 127 Å². The predicted molar refractivity (Wildman–Crippen MR) is 37.6 cm³/mol. The van der Waals surface area contributed by atoms with E-state index in [9.17, 15) is 19.8 Å². The maximum atomic E-state index is 10.4. The summed E-state index contributed by atoms with van der Waals surface area (Å²) < 4.78 is 0. The summed E-state index contributed by atoms with van der Waals surface area (Å²) in [6.07, 6.45) is 0. The second kappa shape index (κ2) is 8.95. The van der Waals surface area contributed by atoms with Crippen LogP contribution in [-0.4, -0.2) is 11.9 Å². The zero-order valence-electron chi connectivity index (χ0n) is 9.21. The standard InChI is InChI=1S/C8H12O4.2Na/c1-4(2)6(8(11)12)5(3)7(9)10;;/h4H,1-3H3,(H,9,10)(H,11,12);;/q;2*+1/p-2/b6-5-;;. The van der Waals surface area contributed by atoms with E-state index in [1.807, 2.05) is 0 Å². The van der Waals surface area contributed by atoms with E-state index in [0.29, 0.717) is 0 Å². The molecule has 0 N–H and O–H groups in total. The number of aliphatic carboxylic acids is 2. The van der Waals surface area contributed by atoms with Crippen LogP contribution >= 0.6 is 0 Å². The molecule has 14 heavy (non-hydrogen) atoms. The summed E-state index contributed by atoms with van der Waals surface area (Å²) in [4.78, 5) is 20.7. The van der Waals surface area contributed by atoms with Gasteiger partial charge in [-0.25, -0.2) is 0 Å². The Morgan fingerprint density at radius 1 is 1.00 bits per heavy atom. The minimum atomic E-state index is -1.47. The number of carboxylic acids is 2. The van der Waals surface area contributed by atoms with Crippen molar-refractivity contribution in [2.45, 2.75) is 20.8 Å². The molecule has 6 heteroatoms. The third-order valence-electron chi connectivity index (χ3n) is 1.51. The van der Waals surface area contributed by atoms with Gasteiger partial charge in [0.05, 0.1) is 11.9 Å². The molecule has 0 unspecified atom stereocenters. The number of carbonyl (C=O) groups is 2. The van der Waals surface area contributed by atoms with Crippen LogP contribution in [0.4, 0.5) is 0 Å². The molecule has 0 aromatic heterocycles. The van der Waals surface area contributed by atoms with Crippen molar-refractivity contribution in [2.75, 3.05) is 0 Å². The largest absolute Gasteiger partial charge is 1.00 e. The van der Waals surface area contributed by atoms with Crippen molar-refractivity contribution in [3.05, 3.63) is 11.1 Å². The number of rotatable bonds is 3. The van der Waals surface area contributed by atoms with Gasteiger partial charge in [-0.15, -0.1) is 0 Å². The Morgan fingerprint density at radius 2 is 1.36 bits per heavy atom. The van der Waals surface area contributed by atoms with Gasteiger partial charge in [-0.2, -0.15) is 0 Å². The van der Waals surface area contributed by atoms with Crippen molar-refractivity contribution >= 4 is 11.9 Å². The maximum absolute atomic E-state index is 10.4. The van der Waals surface area contributed by atoms with Gasteiger partial charge < -0.3 is 19.8 Å². The van der Waals surface area contributed by atoms with Crippen molar-refractivity contribution in [1.82, 2.24) is 0 Å². The minimum Gasteiger partial charge on any atom is -0.545 e. The quantitative estimate of drug-likeness (QED) is 0.346. The van der Waals surface area contributed by atoms with E-state index >= 15 is 0 Å². The van der Waals surface area contributed by atoms with Crippen LogP contribution in [0.5, 0.6) is 0 Å². The summed E-state index contributed by atoms with van der Waals surface area (Å²) in [6, 6.07) is 0. The van der Waals surface area contributed by atoms with Gasteiger partial charge >= 0.3 is 59.1 Å². The van der Waals surface area contributed by atoms with Crippen LogP contribution in [0.25, 0.3) is 0 Å². The van der Waals surface area contributed by atoms with Crippen LogP contribution in [-0.2, 0) is 9.59 Å². The smallest absolute Gasteiger partial charge is 0.545 e. The molecule has 0 aromatic carbocycles. The van der Waals surface area contributed by atoms with Gasteiger partial charge in [0.2, 0.25) is 0 Å². The van der Waals surface area contributed by atoms with Crippen molar-refractivity contribution in [3.63, 3.8) is 0 Å². The Morgan fingerprint density at radius 3 is 1.43 bits per heavy atom. The molecule has 0 rings (SSSR count). The molecule has 0 atom stereocenters. The SMILES string of the molecule is C/C(C(=O)[O-])=C(/C(=O)[O-])C(C)C.[Na+].[Na+]. The van der Waals surface area contributed by atoms with Crippen molar-refractivity contribution in [2.24, 2.45) is 5.92 Å². The molecule has 0 heterocycles. The second-order valence-corrected chi connectivity index (χ2v) is 2.77. The molecule has 0 aromatic rings. The van der Waals surface area contributed by atoms with Gasteiger partial charge in [0.15, 0.2) is 0 Å². The molecule has 0 fully saturated rings. The summed E-state index contributed by atoms with van der Waals surface area (Å²) >= 11 is 0. The first kappa shape index (κ1) is 20.1. The summed E-state index contributed by atoms with van der Waals surface area (Å²) in [5.74, 6) is -3.30. The first-order valence-corrected chi connectivity index (χ1v) is 3.51. The van der Waals surface area contributed by atoms with E-state index < -0.39 is 11.9 Å². The molecule has 0 saturated carbocycles. The van der Waals surface area contributed by atoms with E-state index in [1.165, 1.54) is 6.92 Å². The van der Waals surface area contributed by atoms with Gasteiger partial charge in [0.1, 0.15) is 0 Å². The normalized spacial score (nSPS) is 10.9. The molecule has 0 saturated heterocycles. The maximum Gasteiger partial charge on any atom is 1.00 e. The fraction of sp³-hybridized carbons (Fsp3) is 0.500. The van der Waals surface area contributed by atoms with Crippen molar-refractivity contribution < 1.29 is 78.9 Å². The van der Waals surface area contributed by atoms with E-state index in [1.54, 1.807) is 13.8 Å². The Hall–Kier alpha value is 0.680. The third-order valence-corrected chi connectivity index (χ3v) is 1.51. The Balaban J connectivity index is -0.000000605. The van der Waals surface area contributed by atoms with Gasteiger partial charge in [0, 0.05) is 0 Å². The van der Waals surface area contributed by atoms with E-state index in [0.717, 1.165) is 0 Å². The predicted octanol–water partition coefficient (Wildman–Crippen LogP) is -7.53. The van der Waals surface area contributed by atoms with Gasteiger partial charge in [0.25, 0.3) is 0 Å². The average Bonchev–Trinajstić information content (AvgIpc) is 1.85. The van der Waals surface area contributed by atoms with Gasteiger partial charge in [-0.1, -0.05) is 13.8 Å². The van der Waals surface area contributed by atoms with Crippen molar-refractivity contribution in [3.8, 4) is 0 Å². The molecule has 68 valence electrons. The molecule has 0 aliphatic heterocycles. The molecular formula is C8H10Na2O4. The zero-order chi connectivity index (χ0) is 9.89. The Bertz CT molecular complexity index is 246. The first-order valence-electron chi connectivity index (χ1n) is 3.51. The molecule has 0 radical (unpaired) electrons. The fourth-order valence-electron chi connectivity index (χ4n) is 0.932. The van der Waals surface area contributed by atoms with E-state index in [2.05, 4.69) is 0 Å². The minimum absolute atomic E-state index is 0. The average molecular weight is 216 g/mol. The first-order chi connectivity index (χ1) is 5.37. The summed E-state index contributed by atoms with van der Waals surface area (Å²) in [7, 11) is 0. The van der Waals surface area contributed by atoms with Crippen LogP contribution in [0.2, 0.25) is 0 Å². The van der Waals surface area contributed by atoms with Crippen LogP contribution in [0.15, 0.2) is 11.1 Å². The number of carboxylic acid groups (broad SMARTS) is 2. The van der Waals surface area contributed by atoms with Gasteiger partial charge in [-0.05, 0) is 24.0 Å². The fourth-order valence-corrected chi connectivity index (χ4v) is 0.932. The molecule has 0 aliphatic carbocycles. The number of hydrogen-bond acceptors (Lipinski definition) is 4. The molecule has 4 nitrogen and oxygen atoms in total. The summed E-state index contributed by atoms with van der Waals surface area (Å²) in [6.45, 7) is 4.36. The van der Waals surface area contributed by atoms with Crippen LogP contribution in [0.3, 0.4) is 0 Å². The Kier molecular flexibility index (Phi) is 12.9. The van der Waals surface area contributed by atoms with Crippen molar-refractivity contribution in [1.29, 1.82) is 0 Å². The molecule has 0 amide bonds. The molecule has 0 spiro atoms. The van der Waals surface area contributed by atoms with Gasteiger partial charge in [-0.3, -0.25) is 0 Å². The molecular weight excluding hydrogens is 206 g/mol. The van der Waals surface area contributed by atoms with Crippen LogP contribution in [0, 0.1) is 5.92 Å². The topological polar surface area (TPSA) is 80.3 Å². The number of hydrogen-bond donors (Lipinski definition) is 0. The van der Waals surface area contributed by atoms with Crippen LogP contribution in [0.1, 0.15) is 20.8 Å². The van der Waals surface area contributed by atoms with Crippen LogP contribution < -0.4 is 69.3 Å². The van der Waals surface area contributed by atoms with E-state index in [4.69, 9.17) is 0 Å². The summed E-state index contributed by atoms with van der Waals surface area (Å²) in [5.41, 5.74) is -0.486. The summed E-state index contributed by atoms with van der Waals surface area (Å²) in [5, 5.41) is 20.7. The third kappa shape index (κ3) is 6.22. The number of carbonyl (C=O) groups excluding carboxylic acids is 2. The molecule has 0 bridgehead atoms. The zero-order valence-corrected chi connectivity index (χ0v) is 13.2. The van der Waals surface area contributed by atoms with E-state index in [-0.39, 0.29) is 76.2 Å².